The molecule has 0 fully saturated rings. The van der Waals surface area contributed by atoms with Gasteiger partial charge in [0.25, 0.3) is 5.91 Å². The number of nitrogens with one attached hydrogen (secondary N) is 1. The van der Waals surface area contributed by atoms with Gasteiger partial charge in [-0.1, -0.05) is 28.1 Å². The van der Waals surface area contributed by atoms with Crippen molar-refractivity contribution in [3.05, 3.63) is 58.1 Å². The molecule has 6 heteroatoms. The second-order valence-corrected chi connectivity index (χ2v) is 6.20. The lowest BCUT2D eigenvalue weighted by Gasteiger charge is -2.14. The highest BCUT2D eigenvalue weighted by molar-refractivity contribution is 9.10. The summed E-state index contributed by atoms with van der Waals surface area (Å²) in [7, 11) is 1.54. The lowest BCUT2D eigenvalue weighted by molar-refractivity contribution is 0.0954. The average molecular weight is 391 g/mol. The topological polar surface area (TPSA) is 59.9 Å². The SMILES string of the molecule is COc1cc(C(=O)N/N=C/c2ccc(Br)cc2)ccc1OC(C)C. The number of carbonyl (C=O) groups excluding carboxylic acids is 1. The van der Waals surface area contributed by atoms with E-state index in [4.69, 9.17) is 9.47 Å². The summed E-state index contributed by atoms with van der Waals surface area (Å²) in [6.45, 7) is 3.85. The van der Waals surface area contributed by atoms with E-state index in [9.17, 15) is 4.79 Å². The highest BCUT2D eigenvalue weighted by atomic mass is 79.9. The molecular weight excluding hydrogens is 372 g/mol. The van der Waals surface area contributed by atoms with Gasteiger partial charge in [0.2, 0.25) is 0 Å². The molecule has 0 radical (unpaired) electrons. The minimum Gasteiger partial charge on any atom is -0.493 e. The molecule has 2 aromatic carbocycles. The highest BCUT2D eigenvalue weighted by Gasteiger charge is 2.11. The minimum atomic E-state index is -0.322. The minimum absolute atomic E-state index is 0.0223. The second-order valence-electron chi connectivity index (χ2n) is 5.28. The highest BCUT2D eigenvalue weighted by Crippen LogP contribution is 2.28. The zero-order valence-corrected chi connectivity index (χ0v) is 15.3. The summed E-state index contributed by atoms with van der Waals surface area (Å²) in [6, 6.07) is 12.6. The van der Waals surface area contributed by atoms with Crippen molar-refractivity contribution in [3.8, 4) is 11.5 Å². The molecular formula is C18H19BrN2O3. The normalized spacial score (nSPS) is 10.9. The fraction of sp³-hybridized carbons (Fsp3) is 0.222. The maximum Gasteiger partial charge on any atom is 0.271 e. The van der Waals surface area contributed by atoms with Gasteiger partial charge in [0, 0.05) is 10.0 Å². The molecule has 2 aromatic rings. The first-order valence-corrected chi connectivity index (χ1v) is 8.22. The largest absolute Gasteiger partial charge is 0.493 e. The van der Waals surface area contributed by atoms with Crippen LogP contribution in [0.25, 0.3) is 0 Å². The Balaban J connectivity index is 2.05. The Kier molecular flexibility index (Phi) is 6.37. The monoisotopic (exact) mass is 390 g/mol. The third kappa shape index (κ3) is 5.09. The van der Waals surface area contributed by atoms with Gasteiger partial charge in [-0.2, -0.15) is 5.10 Å². The van der Waals surface area contributed by atoms with Gasteiger partial charge in [0.05, 0.1) is 19.4 Å². The smallest absolute Gasteiger partial charge is 0.271 e. The second kappa shape index (κ2) is 8.49. The number of methoxy groups -OCH3 is 1. The summed E-state index contributed by atoms with van der Waals surface area (Å²) < 4.78 is 11.9. The van der Waals surface area contributed by atoms with E-state index >= 15 is 0 Å². The predicted octanol–water partition coefficient (Wildman–Crippen LogP) is 4.01. The Morgan fingerprint density at radius 3 is 2.50 bits per heavy atom. The van der Waals surface area contributed by atoms with E-state index in [1.54, 1.807) is 24.4 Å². The van der Waals surface area contributed by atoms with Gasteiger partial charge in [0.15, 0.2) is 11.5 Å². The third-order valence-electron chi connectivity index (χ3n) is 3.04. The summed E-state index contributed by atoms with van der Waals surface area (Å²) in [6.07, 6.45) is 1.60. The molecule has 0 saturated heterocycles. The van der Waals surface area contributed by atoms with Crippen LogP contribution in [-0.4, -0.2) is 25.3 Å². The number of amides is 1. The van der Waals surface area contributed by atoms with Crippen molar-refractivity contribution in [3.63, 3.8) is 0 Å². The molecule has 0 spiro atoms. The molecule has 5 nitrogen and oxygen atoms in total. The van der Waals surface area contributed by atoms with Crippen LogP contribution in [0, 0.1) is 0 Å². The van der Waals surface area contributed by atoms with Gasteiger partial charge in [-0.25, -0.2) is 5.43 Å². The number of nitrogens with zero attached hydrogens (tertiary/aromatic N) is 1. The van der Waals surface area contributed by atoms with Crippen molar-refractivity contribution in [1.29, 1.82) is 0 Å². The molecule has 0 saturated carbocycles. The summed E-state index contributed by atoms with van der Waals surface area (Å²) in [5.74, 6) is 0.786. The summed E-state index contributed by atoms with van der Waals surface area (Å²) >= 11 is 3.37. The van der Waals surface area contributed by atoms with Gasteiger partial charge in [-0.05, 0) is 49.7 Å². The number of benzene rings is 2. The van der Waals surface area contributed by atoms with Crippen molar-refractivity contribution < 1.29 is 14.3 Å². The Hall–Kier alpha value is -2.34. The van der Waals surface area contributed by atoms with Gasteiger partial charge in [-0.15, -0.1) is 0 Å². The van der Waals surface area contributed by atoms with E-state index in [0.717, 1.165) is 10.0 Å². The number of halogens is 1. The molecule has 0 atom stereocenters. The van der Waals surface area contributed by atoms with E-state index < -0.39 is 0 Å². The Morgan fingerprint density at radius 2 is 1.88 bits per heavy atom. The van der Waals surface area contributed by atoms with Crippen molar-refractivity contribution in [1.82, 2.24) is 5.43 Å². The maximum absolute atomic E-state index is 12.2. The van der Waals surface area contributed by atoms with Crippen molar-refractivity contribution >= 4 is 28.1 Å². The molecule has 2 rings (SSSR count). The summed E-state index contributed by atoms with van der Waals surface area (Å²) in [4.78, 5) is 12.2. The van der Waals surface area contributed by atoms with Crippen LogP contribution in [0.1, 0.15) is 29.8 Å². The van der Waals surface area contributed by atoms with Crippen LogP contribution in [0.3, 0.4) is 0 Å². The van der Waals surface area contributed by atoms with Crippen LogP contribution in [0.4, 0.5) is 0 Å². The molecule has 0 unspecified atom stereocenters. The molecule has 126 valence electrons. The molecule has 0 aliphatic rings. The number of hydrazone groups is 1. The lowest BCUT2D eigenvalue weighted by Crippen LogP contribution is -2.18. The third-order valence-corrected chi connectivity index (χ3v) is 3.57. The van der Waals surface area contributed by atoms with Crippen LogP contribution >= 0.6 is 15.9 Å². The van der Waals surface area contributed by atoms with E-state index in [0.29, 0.717) is 17.1 Å². The molecule has 1 amide bonds. The van der Waals surface area contributed by atoms with Crippen LogP contribution in [0.15, 0.2) is 52.0 Å². The van der Waals surface area contributed by atoms with Gasteiger partial charge < -0.3 is 9.47 Å². The van der Waals surface area contributed by atoms with E-state index in [2.05, 4.69) is 26.5 Å². The molecule has 0 aromatic heterocycles. The van der Waals surface area contributed by atoms with Crippen LogP contribution in [-0.2, 0) is 0 Å². The Morgan fingerprint density at radius 1 is 1.17 bits per heavy atom. The van der Waals surface area contributed by atoms with Crippen LogP contribution in [0.5, 0.6) is 11.5 Å². The van der Waals surface area contributed by atoms with Crippen molar-refractivity contribution in [2.24, 2.45) is 5.10 Å². The van der Waals surface area contributed by atoms with Gasteiger partial charge in [0.1, 0.15) is 0 Å². The van der Waals surface area contributed by atoms with Gasteiger partial charge >= 0.3 is 0 Å². The lowest BCUT2D eigenvalue weighted by atomic mass is 10.2. The summed E-state index contributed by atoms with van der Waals surface area (Å²) in [5.41, 5.74) is 3.82. The first-order valence-electron chi connectivity index (χ1n) is 7.43. The number of rotatable bonds is 6. The number of ether oxygens (including phenoxy) is 2. The number of hydrogen-bond acceptors (Lipinski definition) is 4. The molecule has 0 aliphatic carbocycles. The number of hydrogen-bond donors (Lipinski definition) is 1. The van der Waals surface area contributed by atoms with Crippen molar-refractivity contribution in [2.75, 3.05) is 7.11 Å². The molecule has 0 heterocycles. The Labute approximate surface area is 149 Å². The maximum atomic E-state index is 12.2. The average Bonchev–Trinajstić information content (AvgIpc) is 2.56. The molecule has 24 heavy (non-hydrogen) atoms. The molecule has 0 aliphatic heterocycles. The van der Waals surface area contributed by atoms with Crippen LogP contribution in [0.2, 0.25) is 0 Å². The van der Waals surface area contributed by atoms with Crippen LogP contribution < -0.4 is 14.9 Å². The first kappa shape index (κ1) is 18.0. The molecule has 1 N–H and O–H groups in total. The zero-order valence-electron chi connectivity index (χ0n) is 13.7. The quantitative estimate of drug-likeness (QED) is 0.598. The van der Waals surface area contributed by atoms with E-state index in [1.165, 1.54) is 7.11 Å². The van der Waals surface area contributed by atoms with Crippen molar-refractivity contribution in [2.45, 2.75) is 20.0 Å². The first-order chi connectivity index (χ1) is 11.5. The van der Waals surface area contributed by atoms with Gasteiger partial charge in [-0.3, -0.25) is 4.79 Å². The summed E-state index contributed by atoms with van der Waals surface area (Å²) in [5, 5.41) is 3.96. The molecule has 0 bridgehead atoms. The predicted molar refractivity (Wildman–Crippen MR) is 98.0 cm³/mol. The Bertz CT molecular complexity index is 728. The van der Waals surface area contributed by atoms with E-state index in [1.807, 2.05) is 38.1 Å². The number of carbonyl (C=O) groups is 1. The fourth-order valence-corrected chi connectivity index (χ4v) is 2.20. The fourth-order valence-electron chi connectivity index (χ4n) is 1.94. The standard InChI is InChI=1S/C18H19BrN2O3/c1-12(2)24-16-9-6-14(10-17(16)23-3)18(22)21-20-11-13-4-7-15(19)8-5-13/h4-12H,1-3H3,(H,21,22)/b20-11+. The zero-order chi connectivity index (χ0) is 17.5. The van der Waals surface area contributed by atoms with E-state index in [-0.39, 0.29) is 12.0 Å².